The summed E-state index contributed by atoms with van der Waals surface area (Å²) in [6, 6.07) is 111. The minimum atomic E-state index is 1.08. The molecule has 4 aliphatic carbocycles. The molecule has 0 nitrogen and oxygen atoms in total. The summed E-state index contributed by atoms with van der Waals surface area (Å²) >= 11 is 0. The maximum Gasteiger partial charge on any atom is -0.000729 e. The van der Waals surface area contributed by atoms with Crippen molar-refractivity contribution < 1.29 is 0 Å². The van der Waals surface area contributed by atoms with Gasteiger partial charge >= 0.3 is 0 Å². The Morgan fingerprint density at radius 1 is 0.142 bits per heavy atom. The average Bonchev–Trinajstić information content (AvgIpc) is 1.63. The molecule has 0 spiro atoms. The fourth-order valence-corrected chi connectivity index (χ4v) is 16.5. The quantitative estimate of drug-likeness (QED) is 0.114. The lowest BCUT2D eigenvalue weighted by atomic mass is 9.98. The van der Waals surface area contributed by atoms with Gasteiger partial charge in [0.2, 0.25) is 0 Å². The SMILES string of the molecule is CC.CC.CC.CC.CC.CC.CC.CC.CC.CC.CC.CCc1cc(CC)cc(CC)c1.CCc1cc(CC)cc(CC)c1.CCc1cc(CC)cc(CC)c1.CCc1cc(CC)cc(CC)c1.c1ccc2c(c1)Cc1c-2ccc2ccccc12.c1ccc2c(c1)Cc1cc3ccccc3cc1-2.c1ccc2c(c1)Cc1ccc3ccccc3c1-2.c1ccc2c(c1)Cc1ccccc1-2. The van der Waals surface area contributed by atoms with E-state index < -0.39 is 0 Å². The predicted molar refractivity (Wildman–Crippen MR) is 614 cm³/mol. The molecular formula is C134H184. The molecule has 19 rings (SSSR count). The van der Waals surface area contributed by atoms with Crippen LogP contribution in [0.25, 0.3) is 76.8 Å². The van der Waals surface area contributed by atoms with Crippen LogP contribution in [0.3, 0.4) is 0 Å². The number of hydrogen-bond acceptors (Lipinski definition) is 0. The normalized spacial score (nSPS) is 10.1. The van der Waals surface area contributed by atoms with Crippen LogP contribution in [0.4, 0.5) is 0 Å². The largest absolute Gasteiger partial charge is 0.0683 e. The van der Waals surface area contributed by atoms with Crippen molar-refractivity contribution in [3.05, 3.63) is 415 Å². The van der Waals surface area contributed by atoms with E-state index in [1.165, 1.54) is 188 Å². The van der Waals surface area contributed by atoms with Crippen LogP contribution in [-0.4, -0.2) is 0 Å². The Bertz CT molecular complexity index is 5130. The van der Waals surface area contributed by atoms with Gasteiger partial charge in [-0.2, -0.15) is 0 Å². The molecule has 134 heavy (non-hydrogen) atoms. The molecule has 0 bridgehead atoms. The molecular weight excluding hydrogens is 1610 g/mol. The Balaban J connectivity index is 0.000000746. The van der Waals surface area contributed by atoms with Crippen molar-refractivity contribution in [1.82, 2.24) is 0 Å². The highest BCUT2D eigenvalue weighted by atomic mass is 14.3. The zero-order chi connectivity index (χ0) is 100. The molecule has 0 aromatic heterocycles. The highest BCUT2D eigenvalue weighted by Gasteiger charge is 2.23. The molecule has 0 radical (unpaired) electrons. The Kier molecular flexibility index (Phi) is 65.5. The van der Waals surface area contributed by atoms with E-state index in [0.717, 1.165) is 103 Å². The Morgan fingerprint density at radius 3 is 0.664 bits per heavy atom. The van der Waals surface area contributed by atoms with Gasteiger partial charge in [-0.3, -0.25) is 0 Å². The zero-order valence-corrected chi connectivity index (χ0v) is 91.2. The fourth-order valence-electron chi connectivity index (χ4n) is 16.5. The van der Waals surface area contributed by atoms with Crippen LogP contribution >= 0.6 is 0 Å². The molecule has 0 saturated heterocycles. The van der Waals surface area contributed by atoms with Crippen LogP contribution in [0.2, 0.25) is 0 Å². The van der Waals surface area contributed by atoms with Gasteiger partial charge in [-0.25, -0.2) is 0 Å². The standard InChI is InChI=1S/3C17H12.C13H10.4C12H18.11C2H6/c1-3-7-15-12(5-1)9-10-14-11-13-6-2-4-8-16(13)17(14)15;1-3-7-14-12(5-1)9-10-16-15-8-4-2-6-13(15)11-17(14)16;1-2-6-13-11-17-15(9-12(13)5-1)10-14-7-3-4-8-16(14)17;1-3-7-12-10(5-1)9-11-6-2-4-8-13(11)12;4*1-4-10-7-11(5-2)9-12(6-3)8-10;11*1-2/h2*1-10H,11H2;1-9,11H,10H2;1-8H,9H2;4*7-9H,4-6H2,1-3H3;11*1-2H3. The van der Waals surface area contributed by atoms with Crippen LogP contribution < -0.4 is 0 Å². The third-order valence-corrected chi connectivity index (χ3v) is 23.1. The van der Waals surface area contributed by atoms with Gasteiger partial charge in [0.25, 0.3) is 0 Å². The van der Waals surface area contributed by atoms with Gasteiger partial charge in [0, 0.05) is 0 Å². The molecule has 0 amide bonds. The van der Waals surface area contributed by atoms with Crippen LogP contribution in [0.15, 0.2) is 303 Å². The fraction of sp³-hybridized carbons (Fsp3) is 0.373. The lowest BCUT2D eigenvalue weighted by Gasteiger charge is -2.06. The highest BCUT2D eigenvalue weighted by Crippen LogP contribution is 2.43. The first-order valence-electron chi connectivity index (χ1n) is 53.3. The van der Waals surface area contributed by atoms with Crippen LogP contribution in [-0.2, 0) is 103 Å². The lowest BCUT2D eigenvalue weighted by Crippen LogP contribution is -1.90. The first kappa shape index (κ1) is 121. The van der Waals surface area contributed by atoms with Gasteiger partial charge < -0.3 is 0 Å². The van der Waals surface area contributed by atoms with Crippen molar-refractivity contribution in [2.24, 2.45) is 0 Å². The first-order chi connectivity index (χ1) is 65.9. The first-order valence-corrected chi connectivity index (χ1v) is 53.3. The number of benzene rings is 15. The maximum absolute atomic E-state index is 2.34. The highest BCUT2D eigenvalue weighted by molar-refractivity contribution is 6.01. The molecule has 0 atom stereocenters. The van der Waals surface area contributed by atoms with Crippen molar-refractivity contribution in [2.75, 3.05) is 0 Å². The number of rotatable bonds is 12. The second-order valence-corrected chi connectivity index (χ2v) is 30.4. The summed E-state index contributed by atoms with van der Waals surface area (Å²) in [4.78, 5) is 0. The molecule has 0 heterocycles. The summed E-state index contributed by atoms with van der Waals surface area (Å²) in [5.74, 6) is 0. The summed E-state index contributed by atoms with van der Waals surface area (Å²) in [5.41, 5.74) is 40.8. The average molecular weight is 1790 g/mol. The Labute approximate surface area is 823 Å². The molecule has 0 fully saturated rings. The zero-order valence-electron chi connectivity index (χ0n) is 91.2. The summed E-state index contributed by atoms with van der Waals surface area (Å²) in [6.07, 6.45) is 18.2. The van der Waals surface area contributed by atoms with Gasteiger partial charge in [-0.1, -0.05) is 533 Å². The van der Waals surface area contributed by atoms with Crippen LogP contribution in [0, 0.1) is 0 Å². The smallest absolute Gasteiger partial charge is 0.000729 e. The second-order valence-electron chi connectivity index (χ2n) is 30.4. The van der Waals surface area contributed by atoms with E-state index in [4.69, 9.17) is 0 Å². The summed E-state index contributed by atoms with van der Waals surface area (Å²) in [5, 5.41) is 8.15. The van der Waals surface area contributed by atoms with E-state index in [-0.39, 0.29) is 0 Å². The summed E-state index contributed by atoms with van der Waals surface area (Å²) < 4.78 is 0. The third kappa shape index (κ3) is 36.4. The van der Waals surface area contributed by atoms with Crippen molar-refractivity contribution in [1.29, 1.82) is 0 Å². The summed E-state index contributed by atoms with van der Waals surface area (Å²) in [7, 11) is 0. The van der Waals surface area contributed by atoms with Crippen molar-refractivity contribution in [3.63, 3.8) is 0 Å². The second kappa shape index (κ2) is 72.5. The molecule has 15 aromatic carbocycles. The predicted octanol–water partition coefficient (Wildman–Crippen LogP) is 41.3. The number of aryl methyl sites for hydroxylation is 12. The molecule has 4 aliphatic rings. The molecule has 0 N–H and O–H groups in total. The van der Waals surface area contributed by atoms with Crippen LogP contribution in [0.5, 0.6) is 0 Å². The molecule has 0 unspecified atom stereocenters. The van der Waals surface area contributed by atoms with E-state index in [2.05, 4.69) is 386 Å². The minimum absolute atomic E-state index is 1.08. The van der Waals surface area contributed by atoms with Crippen molar-refractivity contribution in [3.8, 4) is 44.5 Å². The number of hydrogen-bond donors (Lipinski definition) is 0. The molecule has 720 valence electrons. The molecule has 0 saturated carbocycles. The van der Waals surface area contributed by atoms with E-state index >= 15 is 0 Å². The molecule has 0 heteroatoms. The summed E-state index contributed by atoms with van der Waals surface area (Å²) in [6.45, 7) is 70.6. The Hall–Kier alpha value is -10.9. The number of fused-ring (bicyclic) bond motifs is 17. The molecule has 15 aromatic rings. The topological polar surface area (TPSA) is 0 Å². The third-order valence-electron chi connectivity index (χ3n) is 23.1. The van der Waals surface area contributed by atoms with E-state index in [1.54, 1.807) is 0 Å². The van der Waals surface area contributed by atoms with E-state index in [0.29, 0.717) is 0 Å². The Morgan fingerprint density at radius 2 is 0.351 bits per heavy atom. The van der Waals surface area contributed by atoms with E-state index in [1.807, 2.05) is 152 Å². The van der Waals surface area contributed by atoms with E-state index in [9.17, 15) is 0 Å². The van der Waals surface area contributed by atoms with Gasteiger partial charge in [-0.15, -0.1) is 0 Å². The van der Waals surface area contributed by atoms with Gasteiger partial charge in [0.1, 0.15) is 0 Å². The van der Waals surface area contributed by atoms with Gasteiger partial charge in [0.05, 0.1) is 0 Å². The van der Waals surface area contributed by atoms with Gasteiger partial charge in [0.15, 0.2) is 0 Å². The molecule has 0 aliphatic heterocycles. The van der Waals surface area contributed by atoms with Gasteiger partial charge in [-0.05, 0) is 297 Å². The van der Waals surface area contributed by atoms with Crippen LogP contribution in [0.1, 0.15) is 347 Å². The van der Waals surface area contributed by atoms with Crippen molar-refractivity contribution >= 4 is 32.3 Å². The minimum Gasteiger partial charge on any atom is -0.0683 e. The van der Waals surface area contributed by atoms with Crippen molar-refractivity contribution in [2.45, 2.75) is 338 Å². The monoisotopic (exact) mass is 1790 g/mol. The maximum atomic E-state index is 2.34. The lowest BCUT2D eigenvalue weighted by molar-refractivity contribution is 1.04.